The van der Waals surface area contributed by atoms with Crippen molar-refractivity contribution in [2.45, 2.75) is 25.2 Å². The van der Waals surface area contributed by atoms with Crippen molar-refractivity contribution in [1.29, 1.82) is 0 Å². The van der Waals surface area contributed by atoms with Crippen LogP contribution in [0.5, 0.6) is 0 Å². The van der Waals surface area contributed by atoms with Crippen molar-refractivity contribution in [2.24, 2.45) is 0 Å². The number of anilines is 1. The van der Waals surface area contributed by atoms with Crippen LogP contribution in [0.4, 0.5) is 5.69 Å². The summed E-state index contributed by atoms with van der Waals surface area (Å²) in [6.07, 6.45) is 5.74. The van der Waals surface area contributed by atoms with E-state index in [0.29, 0.717) is 30.2 Å². The van der Waals surface area contributed by atoms with Crippen molar-refractivity contribution in [3.63, 3.8) is 0 Å². The van der Waals surface area contributed by atoms with Crippen LogP contribution in [0.2, 0.25) is 0 Å². The highest BCUT2D eigenvalue weighted by molar-refractivity contribution is 5.81. The molecule has 0 saturated heterocycles. The molecule has 3 heteroatoms. The van der Waals surface area contributed by atoms with E-state index in [2.05, 4.69) is 4.98 Å². The van der Waals surface area contributed by atoms with E-state index >= 15 is 0 Å². The van der Waals surface area contributed by atoms with E-state index in [1.807, 2.05) is 6.07 Å². The molecule has 0 spiro atoms. The second-order valence-electron chi connectivity index (χ2n) is 3.53. The Labute approximate surface area is 77.0 Å². The Kier molecular flexibility index (Phi) is 2.00. The average Bonchev–Trinajstić information content (AvgIpc) is 2.52. The number of aromatic nitrogens is 1. The quantitative estimate of drug-likeness (QED) is 0.705. The van der Waals surface area contributed by atoms with Gasteiger partial charge in [0.1, 0.15) is 5.78 Å². The number of Topliss-reactive ketones (excluding diaryl/α,β-unsaturated/α-hetero) is 1. The Hall–Kier alpha value is -1.38. The van der Waals surface area contributed by atoms with Gasteiger partial charge < -0.3 is 5.73 Å². The average molecular weight is 176 g/mol. The van der Waals surface area contributed by atoms with E-state index in [4.69, 9.17) is 5.73 Å². The molecule has 1 aromatic heterocycles. The van der Waals surface area contributed by atoms with Crippen LogP contribution in [0.25, 0.3) is 0 Å². The maximum Gasteiger partial charge on any atom is 0.133 e. The van der Waals surface area contributed by atoms with Crippen molar-refractivity contribution >= 4 is 11.5 Å². The number of nitrogens with zero attached hydrogens (tertiary/aromatic N) is 1. The lowest BCUT2D eigenvalue weighted by molar-refractivity contribution is -0.117. The summed E-state index contributed by atoms with van der Waals surface area (Å²) >= 11 is 0. The van der Waals surface area contributed by atoms with Gasteiger partial charge in [-0.3, -0.25) is 9.78 Å². The highest BCUT2D eigenvalue weighted by Crippen LogP contribution is 2.31. The van der Waals surface area contributed by atoms with Gasteiger partial charge in [-0.05, 0) is 24.0 Å². The number of nitrogens with two attached hydrogens (primary N) is 1. The Morgan fingerprint density at radius 2 is 2.31 bits per heavy atom. The fraction of sp³-hybridized carbons (Fsp3) is 0.400. The molecule has 1 atom stereocenters. The summed E-state index contributed by atoms with van der Waals surface area (Å²) in [6.45, 7) is 0. The van der Waals surface area contributed by atoms with Gasteiger partial charge in [0.05, 0.1) is 5.69 Å². The first-order chi connectivity index (χ1) is 6.25. The van der Waals surface area contributed by atoms with Crippen molar-refractivity contribution in [3.05, 3.63) is 24.0 Å². The smallest absolute Gasteiger partial charge is 0.133 e. The highest BCUT2D eigenvalue weighted by Gasteiger charge is 2.23. The first kappa shape index (κ1) is 8.23. The summed E-state index contributed by atoms with van der Waals surface area (Å²) in [5, 5.41) is 0. The van der Waals surface area contributed by atoms with E-state index in [0.717, 1.165) is 12.0 Å². The SMILES string of the molecule is Nc1cncc(C2CCC(=O)C2)c1. The van der Waals surface area contributed by atoms with Gasteiger partial charge in [-0.25, -0.2) is 0 Å². The predicted octanol–water partition coefficient (Wildman–Crippen LogP) is 1.50. The Bertz CT molecular complexity index is 335. The molecule has 68 valence electrons. The van der Waals surface area contributed by atoms with Gasteiger partial charge >= 0.3 is 0 Å². The zero-order chi connectivity index (χ0) is 9.26. The molecular weight excluding hydrogens is 164 g/mol. The third-order valence-electron chi connectivity index (χ3n) is 2.50. The molecule has 0 bridgehead atoms. The number of carbonyl (C=O) groups excluding carboxylic acids is 1. The van der Waals surface area contributed by atoms with Crippen molar-refractivity contribution < 1.29 is 4.79 Å². The molecule has 3 nitrogen and oxygen atoms in total. The standard InChI is InChI=1S/C10H12N2O/c11-9-3-8(5-12-6-9)7-1-2-10(13)4-7/h3,5-7H,1-2,4,11H2. The van der Waals surface area contributed by atoms with Crippen LogP contribution in [0.3, 0.4) is 0 Å². The second kappa shape index (κ2) is 3.17. The van der Waals surface area contributed by atoms with Crippen molar-refractivity contribution in [2.75, 3.05) is 5.73 Å². The first-order valence-corrected chi connectivity index (χ1v) is 4.48. The Balaban J connectivity index is 2.21. The minimum Gasteiger partial charge on any atom is -0.397 e. The number of ketones is 1. The molecule has 2 rings (SSSR count). The van der Waals surface area contributed by atoms with Crippen LogP contribution < -0.4 is 5.73 Å². The van der Waals surface area contributed by atoms with Crippen molar-refractivity contribution in [3.8, 4) is 0 Å². The van der Waals surface area contributed by atoms with Gasteiger partial charge in [0, 0.05) is 25.2 Å². The minimum atomic E-state index is 0.350. The molecule has 1 aromatic rings. The molecule has 1 unspecified atom stereocenters. The third-order valence-corrected chi connectivity index (χ3v) is 2.50. The van der Waals surface area contributed by atoms with Crippen molar-refractivity contribution in [1.82, 2.24) is 4.98 Å². The van der Waals surface area contributed by atoms with Crippen LogP contribution in [-0.4, -0.2) is 10.8 Å². The lowest BCUT2D eigenvalue weighted by Gasteiger charge is -2.07. The summed E-state index contributed by atoms with van der Waals surface area (Å²) in [5.41, 5.74) is 7.39. The molecule has 1 heterocycles. The highest BCUT2D eigenvalue weighted by atomic mass is 16.1. The molecule has 0 aromatic carbocycles. The number of nitrogen functional groups attached to an aromatic ring is 1. The number of pyridine rings is 1. The van der Waals surface area contributed by atoms with E-state index in [1.54, 1.807) is 12.4 Å². The molecule has 13 heavy (non-hydrogen) atoms. The molecule has 0 aliphatic heterocycles. The largest absolute Gasteiger partial charge is 0.397 e. The maximum atomic E-state index is 11.1. The topological polar surface area (TPSA) is 56.0 Å². The van der Waals surface area contributed by atoms with E-state index < -0.39 is 0 Å². The minimum absolute atomic E-state index is 0.350. The number of hydrogen-bond donors (Lipinski definition) is 1. The van der Waals surface area contributed by atoms with Gasteiger partial charge in [0.2, 0.25) is 0 Å². The van der Waals surface area contributed by atoms with Crippen LogP contribution in [-0.2, 0) is 4.79 Å². The zero-order valence-corrected chi connectivity index (χ0v) is 7.36. The summed E-state index contributed by atoms with van der Waals surface area (Å²) in [4.78, 5) is 15.1. The molecule has 0 radical (unpaired) electrons. The van der Waals surface area contributed by atoms with Gasteiger partial charge in [0.25, 0.3) is 0 Å². The van der Waals surface area contributed by atoms with E-state index in [9.17, 15) is 4.79 Å². The third kappa shape index (κ3) is 1.69. The van der Waals surface area contributed by atoms with Gasteiger partial charge in [0.15, 0.2) is 0 Å². The molecule has 1 aliphatic carbocycles. The Morgan fingerprint density at radius 3 is 2.92 bits per heavy atom. The van der Waals surface area contributed by atoms with E-state index in [1.165, 1.54) is 0 Å². The normalized spacial score (nSPS) is 22.2. The molecule has 0 amide bonds. The van der Waals surface area contributed by atoms with Crippen LogP contribution in [0.1, 0.15) is 30.7 Å². The monoisotopic (exact) mass is 176 g/mol. The number of hydrogen-bond acceptors (Lipinski definition) is 3. The predicted molar refractivity (Wildman–Crippen MR) is 50.2 cm³/mol. The molecule has 1 fully saturated rings. The zero-order valence-electron chi connectivity index (χ0n) is 7.36. The summed E-state index contributed by atoms with van der Waals surface area (Å²) < 4.78 is 0. The van der Waals surface area contributed by atoms with Crippen LogP contribution >= 0.6 is 0 Å². The van der Waals surface area contributed by atoms with Gasteiger partial charge in [-0.2, -0.15) is 0 Å². The molecule has 1 aliphatic rings. The lowest BCUT2D eigenvalue weighted by atomic mass is 9.99. The summed E-state index contributed by atoms with van der Waals surface area (Å²) in [7, 11) is 0. The molecule has 1 saturated carbocycles. The van der Waals surface area contributed by atoms with Crippen LogP contribution in [0, 0.1) is 0 Å². The lowest BCUT2D eigenvalue weighted by Crippen LogP contribution is -1.97. The fourth-order valence-corrected chi connectivity index (χ4v) is 1.80. The summed E-state index contributed by atoms with van der Waals surface area (Å²) in [6, 6.07) is 1.91. The first-order valence-electron chi connectivity index (χ1n) is 4.48. The van der Waals surface area contributed by atoms with E-state index in [-0.39, 0.29) is 0 Å². The van der Waals surface area contributed by atoms with Gasteiger partial charge in [-0.1, -0.05) is 0 Å². The molecular formula is C10H12N2O. The Morgan fingerprint density at radius 1 is 1.46 bits per heavy atom. The second-order valence-corrected chi connectivity index (χ2v) is 3.53. The van der Waals surface area contributed by atoms with Gasteiger partial charge in [-0.15, -0.1) is 0 Å². The summed E-state index contributed by atoms with van der Waals surface area (Å²) in [5.74, 6) is 0.705. The number of carbonyl (C=O) groups is 1. The fourth-order valence-electron chi connectivity index (χ4n) is 1.80. The number of rotatable bonds is 1. The maximum absolute atomic E-state index is 11.1. The molecule has 2 N–H and O–H groups in total. The van der Waals surface area contributed by atoms with Crippen LogP contribution in [0.15, 0.2) is 18.5 Å².